The molecule has 0 spiro atoms. The van der Waals surface area contributed by atoms with Crippen molar-refractivity contribution in [3.05, 3.63) is 125 Å². The smallest absolute Gasteiger partial charge is 0.306 e. The summed E-state index contributed by atoms with van der Waals surface area (Å²) in [6.45, 7) is 3.54. The fraction of sp³-hybridized carbons (Fsp3) is 0.300. The number of halogens is 4. The number of carboxylic acids is 1. The molecule has 2 N–H and O–H groups in total. The number of fused-ring (bicyclic) bond motifs is 8. The minimum atomic E-state index is -3.16. The van der Waals surface area contributed by atoms with Gasteiger partial charge in [0.25, 0.3) is 5.92 Å². The molecule has 2 atom stereocenters. The van der Waals surface area contributed by atoms with Gasteiger partial charge in [-0.3, -0.25) is 9.78 Å². The molecular formula is C40H37F4N5O3. The molecule has 52 heavy (non-hydrogen) atoms. The molecule has 8 rings (SSSR count). The Hall–Kier alpha value is -5.52. The maximum atomic E-state index is 15.8. The van der Waals surface area contributed by atoms with Crippen molar-refractivity contribution >= 4 is 16.9 Å². The van der Waals surface area contributed by atoms with E-state index in [0.717, 1.165) is 11.1 Å². The fourth-order valence-corrected chi connectivity index (χ4v) is 6.98. The van der Waals surface area contributed by atoms with Crippen LogP contribution in [-0.2, 0) is 36.0 Å². The molecule has 3 aromatic heterocycles. The zero-order chi connectivity index (χ0) is 36.8. The molecule has 0 fully saturated rings. The number of carbonyl (C=O) groups is 1. The van der Waals surface area contributed by atoms with Crippen LogP contribution in [0.5, 0.6) is 11.5 Å². The maximum absolute atomic E-state index is 15.8. The van der Waals surface area contributed by atoms with Crippen LogP contribution >= 0.6 is 0 Å². The molecule has 2 aliphatic heterocycles. The number of pyridine rings is 1. The molecule has 268 valence electrons. The van der Waals surface area contributed by atoms with Crippen molar-refractivity contribution in [1.82, 2.24) is 24.7 Å². The van der Waals surface area contributed by atoms with E-state index in [1.165, 1.54) is 47.3 Å². The zero-order valence-electron chi connectivity index (χ0n) is 28.9. The molecule has 0 radical (unpaired) electrons. The summed E-state index contributed by atoms with van der Waals surface area (Å²) < 4.78 is 70.2. The lowest BCUT2D eigenvalue weighted by Crippen LogP contribution is -2.26. The number of rotatable bonds is 4. The number of hydrogen-bond acceptors (Lipinski definition) is 5. The molecule has 8 nitrogen and oxygen atoms in total. The minimum Gasteiger partial charge on any atom is -0.481 e. The predicted octanol–water partition coefficient (Wildman–Crippen LogP) is 9.25. The number of benzene rings is 3. The molecule has 2 unspecified atom stereocenters. The Morgan fingerprint density at radius 3 is 2.60 bits per heavy atom. The third kappa shape index (κ3) is 6.65. The number of aromatic amines is 1. The first-order valence-corrected chi connectivity index (χ1v) is 17.2. The fourth-order valence-electron chi connectivity index (χ4n) is 6.98. The second-order valence-corrected chi connectivity index (χ2v) is 13.8. The van der Waals surface area contributed by atoms with Crippen LogP contribution < -0.4 is 4.74 Å². The van der Waals surface area contributed by atoms with E-state index in [1.807, 2.05) is 31.2 Å². The van der Waals surface area contributed by atoms with Crippen LogP contribution in [0.1, 0.15) is 73.3 Å². The molecule has 5 heterocycles. The zero-order valence-corrected chi connectivity index (χ0v) is 28.9. The third-order valence-corrected chi connectivity index (χ3v) is 10.1. The van der Waals surface area contributed by atoms with Gasteiger partial charge in [0.05, 0.1) is 16.9 Å². The number of H-pyrrole nitrogens is 1. The Bertz CT molecular complexity index is 2280. The molecule has 0 amide bonds. The maximum Gasteiger partial charge on any atom is 0.306 e. The minimum absolute atomic E-state index is 0.0705. The van der Waals surface area contributed by atoms with Crippen molar-refractivity contribution in [3.63, 3.8) is 0 Å². The normalized spacial score (nSPS) is 18.1. The van der Waals surface area contributed by atoms with E-state index >= 15 is 17.6 Å². The van der Waals surface area contributed by atoms with E-state index in [9.17, 15) is 9.90 Å². The summed E-state index contributed by atoms with van der Waals surface area (Å²) >= 11 is 0. The molecule has 0 aliphatic carbocycles. The second kappa shape index (κ2) is 13.6. The van der Waals surface area contributed by atoms with Gasteiger partial charge < -0.3 is 14.8 Å². The second-order valence-electron chi connectivity index (χ2n) is 13.8. The number of aliphatic carboxylic acids is 1. The van der Waals surface area contributed by atoms with Gasteiger partial charge in [-0.2, -0.15) is 5.10 Å². The third-order valence-electron chi connectivity index (χ3n) is 10.1. The number of nitrogens with zero attached hydrogens (tertiary/aromatic N) is 4. The van der Waals surface area contributed by atoms with Gasteiger partial charge in [0.1, 0.15) is 11.6 Å². The van der Waals surface area contributed by atoms with E-state index in [0.29, 0.717) is 40.8 Å². The molecule has 0 saturated heterocycles. The summed E-state index contributed by atoms with van der Waals surface area (Å²) in [5.41, 5.74) is 1.90. The lowest BCUT2D eigenvalue weighted by molar-refractivity contribution is -0.141. The highest BCUT2D eigenvalue weighted by Gasteiger charge is 2.36. The topological polar surface area (TPSA) is 106 Å². The largest absolute Gasteiger partial charge is 0.481 e. The Balaban J connectivity index is 1.37. The summed E-state index contributed by atoms with van der Waals surface area (Å²) in [6.07, 6.45) is 3.71. The van der Waals surface area contributed by atoms with E-state index in [4.69, 9.17) is 14.8 Å². The van der Waals surface area contributed by atoms with Gasteiger partial charge in [0, 0.05) is 66.1 Å². The van der Waals surface area contributed by atoms with Crippen LogP contribution in [0.2, 0.25) is 0 Å². The van der Waals surface area contributed by atoms with Gasteiger partial charge in [-0.1, -0.05) is 37.6 Å². The lowest BCUT2D eigenvalue weighted by Gasteiger charge is -2.28. The first-order valence-electron chi connectivity index (χ1n) is 17.2. The number of ether oxygens (including phenoxy) is 1. The highest BCUT2D eigenvalue weighted by Crippen LogP contribution is 2.41. The van der Waals surface area contributed by atoms with Crippen LogP contribution in [-0.4, -0.2) is 35.8 Å². The number of aromatic nitrogens is 5. The summed E-state index contributed by atoms with van der Waals surface area (Å²) in [5.74, 6) is -5.40. The van der Waals surface area contributed by atoms with E-state index in [1.54, 1.807) is 26.2 Å². The molecule has 3 aromatic carbocycles. The first kappa shape index (κ1) is 34.9. The van der Waals surface area contributed by atoms with Crippen molar-refractivity contribution in [2.75, 3.05) is 0 Å². The van der Waals surface area contributed by atoms with Crippen molar-refractivity contribution in [1.29, 1.82) is 0 Å². The van der Waals surface area contributed by atoms with E-state index in [-0.39, 0.29) is 47.7 Å². The van der Waals surface area contributed by atoms with Crippen LogP contribution in [0.15, 0.2) is 79.1 Å². The van der Waals surface area contributed by atoms with Crippen LogP contribution in [0.4, 0.5) is 17.6 Å². The van der Waals surface area contributed by atoms with Gasteiger partial charge in [0.15, 0.2) is 23.2 Å². The molecule has 6 aromatic rings. The monoisotopic (exact) mass is 711 g/mol. The lowest BCUT2D eigenvalue weighted by atomic mass is 9.76. The van der Waals surface area contributed by atoms with E-state index < -0.39 is 41.3 Å². The summed E-state index contributed by atoms with van der Waals surface area (Å²) in [4.78, 5) is 23.8. The van der Waals surface area contributed by atoms with Crippen molar-refractivity contribution in [3.8, 4) is 22.9 Å². The number of alkyl halides is 2. The Morgan fingerprint density at radius 2 is 1.83 bits per heavy atom. The number of carboxylic acid groups (broad SMARTS) is 1. The first-order chi connectivity index (χ1) is 24.8. The van der Waals surface area contributed by atoms with Crippen LogP contribution in [0.25, 0.3) is 22.3 Å². The van der Waals surface area contributed by atoms with Gasteiger partial charge in [-0.05, 0) is 73.7 Å². The molecule has 6 bridgehead atoms. The number of hydrogen-bond donors (Lipinski definition) is 2. The highest BCUT2D eigenvalue weighted by molar-refractivity contribution is 5.86. The Morgan fingerprint density at radius 1 is 1.02 bits per heavy atom. The van der Waals surface area contributed by atoms with Gasteiger partial charge in [-0.15, -0.1) is 0 Å². The highest BCUT2D eigenvalue weighted by atomic mass is 19.3. The van der Waals surface area contributed by atoms with Gasteiger partial charge in [0.2, 0.25) is 0 Å². The molecular weight excluding hydrogens is 674 g/mol. The van der Waals surface area contributed by atoms with Crippen molar-refractivity contribution in [2.45, 2.75) is 63.7 Å². The number of nitrogens with one attached hydrogen (secondary N) is 1. The standard InChI is InChI=1S/C40H37F4N5O3/c1-23(37(50)51)17-24-7-6-8-25(18-24)39(2)14-4-5-15-40(43,44)26-9-10-27(46-22-26)19-30-29-13-16-45-34(29)21-33(42)35(30)52-28-11-12-32(41)31(20-28)36-47-38(39)48-49(36)3/h6-13,16,18,20-23,45H,4-5,14-15,17,19H2,1-3H3,(H,50,51). The summed E-state index contributed by atoms with van der Waals surface area (Å²) in [5, 5.41) is 14.9. The molecule has 12 heteroatoms. The number of aryl methyl sites for hydroxylation is 1. The molecule has 0 saturated carbocycles. The average molecular weight is 712 g/mol. The van der Waals surface area contributed by atoms with Crippen LogP contribution in [0, 0.1) is 17.6 Å². The summed E-state index contributed by atoms with van der Waals surface area (Å²) in [6, 6.07) is 17.5. The Labute approximate surface area is 297 Å². The SMILES string of the molecule is CC(Cc1cccc(C2(C)CCCCC(F)(F)c3ccc(nc3)Cc3c(c(F)cc4[nH]ccc34)Oc3ccc(F)c(c3)-c3nc2nn3C)c1)C(=O)O. The van der Waals surface area contributed by atoms with Crippen molar-refractivity contribution < 1.29 is 32.2 Å². The average Bonchev–Trinajstić information content (AvgIpc) is 3.75. The van der Waals surface area contributed by atoms with Crippen LogP contribution in [0.3, 0.4) is 0 Å². The Kier molecular flexibility index (Phi) is 9.10. The van der Waals surface area contributed by atoms with E-state index in [2.05, 4.69) is 9.97 Å². The summed E-state index contributed by atoms with van der Waals surface area (Å²) in [7, 11) is 1.63. The van der Waals surface area contributed by atoms with Gasteiger partial charge in [-0.25, -0.2) is 27.2 Å². The van der Waals surface area contributed by atoms with Crippen molar-refractivity contribution in [2.24, 2.45) is 13.0 Å². The quantitative estimate of drug-likeness (QED) is 0.177. The van der Waals surface area contributed by atoms with Gasteiger partial charge >= 0.3 is 5.97 Å². The predicted molar refractivity (Wildman–Crippen MR) is 188 cm³/mol. The molecule has 2 aliphatic rings.